The predicted octanol–water partition coefficient (Wildman–Crippen LogP) is 3.58. The van der Waals surface area contributed by atoms with Gasteiger partial charge in [0.2, 0.25) is 5.89 Å². The highest BCUT2D eigenvalue weighted by Crippen LogP contribution is 2.36. The molecule has 1 aliphatic carbocycles. The second kappa shape index (κ2) is 5.63. The highest BCUT2D eigenvalue weighted by atomic mass is 16.5. The Kier molecular flexibility index (Phi) is 3.46. The summed E-state index contributed by atoms with van der Waals surface area (Å²) in [5.74, 6) is 1.35. The Bertz CT molecular complexity index is 853. The van der Waals surface area contributed by atoms with Crippen LogP contribution in [0.4, 0.5) is 0 Å². The lowest BCUT2D eigenvalue weighted by Gasteiger charge is -2.15. The molecule has 0 spiro atoms. The molecule has 0 amide bonds. The summed E-state index contributed by atoms with van der Waals surface area (Å²) in [5.41, 5.74) is 6.92. The molecule has 0 saturated carbocycles. The maximum absolute atomic E-state index is 5.02. The molecular formula is C19H19N3O. The maximum Gasteiger partial charge on any atom is 0.223 e. The van der Waals surface area contributed by atoms with Crippen molar-refractivity contribution in [1.82, 2.24) is 15.0 Å². The third-order valence-electron chi connectivity index (χ3n) is 4.29. The van der Waals surface area contributed by atoms with Gasteiger partial charge in [-0.15, -0.1) is 0 Å². The van der Waals surface area contributed by atoms with Crippen molar-refractivity contribution >= 4 is 0 Å². The van der Waals surface area contributed by atoms with E-state index in [9.17, 15) is 0 Å². The number of hydrogen-bond acceptors (Lipinski definition) is 4. The minimum absolute atomic E-state index is 0.615. The Morgan fingerprint density at radius 1 is 1.04 bits per heavy atom. The van der Waals surface area contributed by atoms with Crippen LogP contribution in [0.1, 0.15) is 28.4 Å². The molecule has 1 aliphatic rings. The fourth-order valence-corrected chi connectivity index (χ4v) is 3.31. The van der Waals surface area contributed by atoms with Crippen LogP contribution in [-0.4, -0.2) is 22.1 Å². The van der Waals surface area contributed by atoms with Gasteiger partial charge in [-0.25, -0.2) is 0 Å². The average molecular weight is 305 g/mol. The summed E-state index contributed by atoms with van der Waals surface area (Å²) in [6, 6.07) is 15.5. The van der Waals surface area contributed by atoms with Crippen molar-refractivity contribution in [2.75, 3.05) is 7.05 Å². The molecule has 0 fully saturated rings. The number of aromatic nitrogens is 2. The van der Waals surface area contributed by atoms with Gasteiger partial charge in [-0.05, 0) is 41.3 Å². The molecule has 1 heterocycles. The van der Waals surface area contributed by atoms with Gasteiger partial charge in [0.1, 0.15) is 0 Å². The predicted molar refractivity (Wildman–Crippen MR) is 88.9 cm³/mol. The molecule has 4 nitrogen and oxygen atoms in total. The van der Waals surface area contributed by atoms with Crippen LogP contribution in [0.15, 0.2) is 47.0 Å². The van der Waals surface area contributed by atoms with E-state index < -0.39 is 0 Å². The van der Waals surface area contributed by atoms with E-state index in [4.69, 9.17) is 4.52 Å². The third-order valence-corrected chi connectivity index (χ3v) is 4.29. The maximum atomic E-state index is 5.02. The molecular weight excluding hydrogens is 286 g/mol. The van der Waals surface area contributed by atoms with E-state index in [2.05, 4.69) is 64.6 Å². The molecule has 0 radical (unpaired) electrons. The number of rotatable bonds is 4. The van der Waals surface area contributed by atoms with Gasteiger partial charge in [0.05, 0.1) is 6.54 Å². The van der Waals surface area contributed by atoms with Crippen molar-refractivity contribution in [1.29, 1.82) is 0 Å². The van der Waals surface area contributed by atoms with Crippen LogP contribution in [-0.2, 0) is 19.5 Å². The van der Waals surface area contributed by atoms with Gasteiger partial charge >= 0.3 is 0 Å². The van der Waals surface area contributed by atoms with Crippen LogP contribution in [0.3, 0.4) is 0 Å². The summed E-state index contributed by atoms with van der Waals surface area (Å²) < 4.78 is 5.02. The van der Waals surface area contributed by atoms with E-state index >= 15 is 0 Å². The second-order valence-electron chi connectivity index (χ2n) is 6.23. The molecule has 1 aromatic heterocycles. The smallest absolute Gasteiger partial charge is 0.223 e. The van der Waals surface area contributed by atoms with Crippen molar-refractivity contribution in [3.63, 3.8) is 0 Å². The zero-order valence-electron chi connectivity index (χ0n) is 13.4. The summed E-state index contributed by atoms with van der Waals surface area (Å²) >= 11 is 0. The summed E-state index contributed by atoms with van der Waals surface area (Å²) in [4.78, 5) is 6.46. The van der Waals surface area contributed by atoms with Crippen LogP contribution in [0.25, 0.3) is 11.1 Å². The first-order valence-electron chi connectivity index (χ1n) is 7.87. The van der Waals surface area contributed by atoms with E-state index in [1.807, 2.05) is 6.92 Å². The first kappa shape index (κ1) is 14.2. The van der Waals surface area contributed by atoms with Crippen LogP contribution < -0.4 is 0 Å². The Balaban J connectivity index is 1.50. The van der Waals surface area contributed by atoms with Crippen molar-refractivity contribution < 1.29 is 4.52 Å². The van der Waals surface area contributed by atoms with E-state index in [1.54, 1.807) is 0 Å². The Hall–Kier alpha value is -2.46. The minimum atomic E-state index is 0.615. The zero-order chi connectivity index (χ0) is 15.8. The van der Waals surface area contributed by atoms with E-state index in [0.717, 1.165) is 18.8 Å². The normalized spacial score (nSPS) is 12.5. The van der Waals surface area contributed by atoms with Gasteiger partial charge in [-0.2, -0.15) is 4.98 Å². The zero-order valence-corrected chi connectivity index (χ0v) is 13.4. The molecule has 23 heavy (non-hydrogen) atoms. The van der Waals surface area contributed by atoms with E-state index in [-0.39, 0.29) is 0 Å². The lowest BCUT2D eigenvalue weighted by Crippen LogP contribution is -2.18. The molecule has 4 rings (SSSR count). The summed E-state index contributed by atoms with van der Waals surface area (Å²) in [7, 11) is 2.08. The Morgan fingerprint density at radius 2 is 1.87 bits per heavy atom. The minimum Gasteiger partial charge on any atom is -0.340 e. The highest BCUT2D eigenvalue weighted by Gasteiger charge is 2.18. The lowest BCUT2D eigenvalue weighted by atomic mass is 10.0. The van der Waals surface area contributed by atoms with Crippen LogP contribution >= 0.6 is 0 Å². The summed E-state index contributed by atoms with van der Waals surface area (Å²) in [5, 5.41) is 3.95. The molecule has 4 heteroatoms. The third kappa shape index (κ3) is 2.78. The largest absolute Gasteiger partial charge is 0.340 e. The number of nitrogens with zero attached hydrogens (tertiary/aromatic N) is 3. The molecule has 116 valence electrons. The average Bonchev–Trinajstić information content (AvgIpc) is 3.09. The van der Waals surface area contributed by atoms with Gasteiger partial charge in [-0.1, -0.05) is 47.6 Å². The summed E-state index contributed by atoms with van der Waals surface area (Å²) in [6.45, 7) is 3.38. The number of aryl methyl sites for hydroxylation is 1. The second-order valence-corrected chi connectivity index (χ2v) is 6.23. The molecule has 2 aromatic carbocycles. The number of fused-ring (bicyclic) bond motifs is 3. The SMILES string of the molecule is Cc1nc(CN(C)Cc2ccc3c(c2)Cc2ccccc2-3)no1. The standard InChI is InChI=1S/C19H19N3O/c1-13-20-19(21-23-13)12-22(2)11-14-7-8-18-16(9-14)10-15-5-3-4-6-17(15)18/h3-9H,10-12H2,1-2H3. The van der Waals surface area contributed by atoms with Crippen LogP contribution in [0, 0.1) is 6.92 Å². The molecule has 0 atom stereocenters. The lowest BCUT2D eigenvalue weighted by molar-refractivity contribution is 0.300. The molecule has 3 aromatic rings. The Morgan fingerprint density at radius 3 is 2.70 bits per heavy atom. The van der Waals surface area contributed by atoms with Gasteiger partial charge in [-0.3, -0.25) is 4.90 Å². The number of benzene rings is 2. The topological polar surface area (TPSA) is 42.2 Å². The summed E-state index contributed by atoms with van der Waals surface area (Å²) in [6.07, 6.45) is 1.03. The van der Waals surface area contributed by atoms with Crippen LogP contribution in [0.2, 0.25) is 0 Å². The highest BCUT2D eigenvalue weighted by molar-refractivity contribution is 5.76. The van der Waals surface area contributed by atoms with Gasteiger partial charge < -0.3 is 4.52 Å². The number of hydrogen-bond donors (Lipinski definition) is 0. The molecule has 0 saturated heterocycles. The molecule has 0 aliphatic heterocycles. The monoisotopic (exact) mass is 305 g/mol. The quantitative estimate of drug-likeness (QED) is 0.578. The van der Waals surface area contributed by atoms with E-state index in [1.165, 1.54) is 27.8 Å². The van der Waals surface area contributed by atoms with Crippen LogP contribution in [0.5, 0.6) is 0 Å². The van der Waals surface area contributed by atoms with Crippen molar-refractivity contribution in [2.45, 2.75) is 26.4 Å². The van der Waals surface area contributed by atoms with Crippen molar-refractivity contribution in [3.8, 4) is 11.1 Å². The van der Waals surface area contributed by atoms with E-state index in [0.29, 0.717) is 12.4 Å². The fraction of sp³-hybridized carbons (Fsp3) is 0.263. The molecule has 0 bridgehead atoms. The Labute approximate surface area is 135 Å². The first-order chi connectivity index (χ1) is 11.2. The van der Waals surface area contributed by atoms with Gasteiger partial charge in [0.15, 0.2) is 5.82 Å². The molecule has 0 unspecified atom stereocenters. The van der Waals surface area contributed by atoms with Crippen molar-refractivity contribution in [2.24, 2.45) is 0 Å². The van der Waals surface area contributed by atoms with Gasteiger partial charge in [0, 0.05) is 13.5 Å². The van der Waals surface area contributed by atoms with Crippen molar-refractivity contribution in [3.05, 3.63) is 70.9 Å². The fourth-order valence-electron chi connectivity index (χ4n) is 3.31. The molecule has 0 N–H and O–H groups in total. The first-order valence-corrected chi connectivity index (χ1v) is 7.87. The van der Waals surface area contributed by atoms with Gasteiger partial charge in [0.25, 0.3) is 0 Å².